The van der Waals surface area contributed by atoms with Gasteiger partial charge in [-0.05, 0) is 36.8 Å². The number of nitrogens with zero attached hydrogens (tertiary/aromatic N) is 2. The Morgan fingerprint density at radius 1 is 0.857 bits per heavy atom. The van der Waals surface area contributed by atoms with E-state index in [-0.39, 0.29) is 12.6 Å². The molecule has 1 aromatic heterocycles. The topological polar surface area (TPSA) is 47.3 Å². The highest BCUT2D eigenvalue weighted by Gasteiger charge is 2.29. The van der Waals surface area contributed by atoms with Gasteiger partial charge in [0.25, 0.3) is 0 Å². The van der Waals surface area contributed by atoms with Crippen LogP contribution in [0, 0.1) is 0 Å². The minimum atomic E-state index is -0.130. The summed E-state index contributed by atoms with van der Waals surface area (Å²) in [6.07, 6.45) is 0. The fourth-order valence-corrected chi connectivity index (χ4v) is 3.95. The minimum Gasteiger partial charge on any atom is -0.456 e. The van der Waals surface area contributed by atoms with Crippen molar-refractivity contribution >= 4 is 0 Å². The zero-order chi connectivity index (χ0) is 19.1. The van der Waals surface area contributed by atoms with Crippen LogP contribution in [0.1, 0.15) is 24.4 Å². The highest BCUT2D eigenvalue weighted by Crippen LogP contribution is 2.47. The molecule has 2 heterocycles. The van der Waals surface area contributed by atoms with Gasteiger partial charge in [-0.3, -0.25) is 0 Å². The molecule has 0 saturated carbocycles. The molecule has 0 fully saturated rings. The van der Waals surface area contributed by atoms with Crippen molar-refractivity contribution in [3.8, 4) is 34.0 Å². The molecule has 4 aromatic rings. The van der Waals surface area contributed by atoms with Crippen molar-refractivity contribution in [2.45, 2.75) is 19.6 Å². The van der Waals surface area contributed by atoms with E-state index in [1.165, 1.54) is 0 Å². The van der Waals surface area contributed by atoms with Crippen LogP contribution in [0.3, 0.4) is 0 Å². The highest BCUT2D eigenvalue weighted by molar-refractivity contribution is 5.87. The normalized spacial score (nSPS) is 12.9. The zero-order valence-electron chi connectivity index (χ0n) is 15.5. The standard InChI is InChI=1S/C24H20N2O2/c1-16(17-9-3-2-4-10-17)26-22(15-27)25-23-18-11-5-7-13-20(18)28-21-14-8-6-12-19(21)24(23)26/h2-14,16,27H,15H2,1H3. The molecule has 0 radical (unpaired) electrons. The first-order valence-electron chi connectivity index (χ1n) is 9.41. The van der Waals surface area contributed by atoms with Crippen molar-refractivity contribution in [1.29, 1.82) is 0 Å². The highest BCUT2D eigenvalue weighted by atomic mass is 16.5. The molecule has 3 aromatic carbocycles. The van der Waals surface area contributed by atoms with Crippen molar-refractivity contribution in [3.05, 3.63) is 90.3 Å². The van der Waals surface area contributed by atoms with Crippen LogP contribution >= 0.6 is 0 Å². The molecule has 4 heteroatoms. The van der Waals surface area contributed by atoms with Gasteiger partial charge in [0.15, 0.2) is 0 Å². The number of aliphatic hydroxyl groups is 1. The van der Waals surface area contributed by atoms with Gasteiger partial charge in [0, 0.05) is 11.1 Å². The van der Waals surface area contributed by atoms with Crippen molar-refractivity contribution in [1.82, 2.24) is 9.55 Å². The monoisotopic (exact) mass is 368 g/mol. The van der Waals surface area contributed by atoms with Gasteiger partial charge in [-0.1, -0.05) is 54.6 Å². The number of ether oxygens (including phenoxy) is 1. The molecule has 1 N–H and O–H groups in total. The summed E-state index contributed by atoms with van der Waals surface area (Å²) in [6.45, 7) is 2.01. The van der Waals surface area contributed by atoms with Gasteiger partial charge >= 0.3 is 0 Å². The Morgan fingerprint density at radius 2 is 1.46 bits per heavy atom. The Hall–Kier alpha value is -3.37. The van der Waals surface area contributed by atoms with Crippen LogP contribution in [0.15, 0.2) is 78.9 Å². The molecule has 0 amide bonds. The van der Waals surface area contributed by atoms with Crippen LogP contribution in [0.5, 0.6) is 11.5 Å². The first-order chi connectivity index (χ1) is 13.8. The zero-order valence-corrected chi connectivity index (χ0v) is 15.5. The number of hydrogen-bond donors (Lipinski definition) is 1. The fourth-order valence-electron chi connectivity index (χ4n) is 3.95. The number of hydrogen-bond acceptors (Lipinski definition) is 3. The number of benzene rings is 3. The molecule has 1 aliphatic heterocycles. The average molecular weight is 368 g/mol. The van der Waals surface area contributed by atoms with E-state index in [0.717, 1.165) is 39.6 Å². The quantitative estimate of drug-likeness (QED) is 0.462. The lowest BCUT2D eigenvalue weighted by Gasteiger charge is -2.20. The molecule has 0 aliphatic carbocycles. The van der Waals surface area contributed by atoms with Crippen LogP contribution in [-0.2, 0) is 6.61 Å². The predicted molar refractivity (Wildman–Crippen MR) is 109 cm³/mol. The van der Waals surface area contributed by atoms with E-state index in [1.54, 1.807) is 0 Å². The molecule has 1 unspecified atom stereocenters. The van der Waals surface area contributed by atoms with E-state index in [4.69, 9.17) is 9.72 Å². The molecule has 138 valence electrons. The second kappa shape index (κ2) is 6.66. The van der Waals surface area contributed by atoms with Gasteiger partial charge in [-0.25, -0.2) is 4.98 Å². The van der Waals surface area contributed by atoms with Gasteiger partial charge in [0.2, 0.25) is 0 Å². The van der Waals surface area contributed by atoms with E-state index in [0.29, 0.717) is 5.82 Å². The molecule has 0 saturated heterocycles. The van der Waals surface area contributed by atoms with E-state index in [9.17, 15) is 5.11 Å². The maximum absolute atomic E-state index is 10.1. The Bertz CT molecular complexity index is 1150. The number of aliphatic hydroxyl groups excluding tert-OH is 1. The number of rotatable bonds is 3. The van der Waals surface area contributed by atoms with Crippen LogP contribution in [0.25, 0.3) is 22.5 Å². The third-order valence-corrected chi connectivity index (χ3v) is 5.30. The summed E-state index contributed by atoms with van der Waals surface area (Å²) in [7, 11) is 0. The van der Waals surface area contributed by atoms with E-state index in [1.807, 2.05) is 60.7 Å². The summed E-state index contributed by atoms with van der Waals surface area (Å²) in [5, 5.41) is 10.1. The molecule has 0 spiro atoms. The second-order valence-corrected chi connectivity index (χ2v) is 6.93. The van der Waals surface area contributed by atoms with Crippen molar-refractivity contribution < 1.29 is 9.84 Å². The predicted octanol–water partition coefficient (Wildman–Crippen LogP) is 5.42. The van der Waals surface area contributed by atoms with Crippen molar-refractivity contribution in [2.75, 3.05) is 0 Å². The van der Waals surface area contributed by atoms with Crippen molar-refractivity contribution in [2.24, 2.45) is 0 Å². The fraction of sp³-hybridized carbons (Fsp3) is 0.125. The van der Waals surface area contributed by atoms with Crippen LogP contribution in [0.4, 0.5) is 0 Å². The minimum absolute atomic E-state index is 0.0120. The number of para-hydroxylation sites is 2. The molecular weight excluding hydrogens is 348 g/mol. The second-order valence-electron chi connectivity index (χ2n) is 6.93. The Morgan fingerprint density at radius 3 is 2.18 bits per heavy atom. The lowest BCUT2D eigenvalue weighted by atomic mass is 10.0. The average Bonchev–Trinajstić information content (AvgIpc) is 3.07. The number of aromatic nitrogens is 2. The lowest BCUT2D eigenvalue weighted by Crippen LogP contribution is -2.12. The molecular formula is C24H20N2O2. The lowest BCUT2D eigenvalue weighted by molar-refractivity contribution is 0.264. The Balaban J connectivity index is 1.85. The van der Waals surface area contributed by atoms with Gasteiger partial charge < -0.3 is 14.4 Å². The summed E-state index contributed by atoms with van der Waals surface area (Å²) in [4.78, 5) is 4.85. The summed E-state index contributed by atoms with van der Waals surface area (Å²) in [5.74, 6) is 2.21. The third-order valence-electron chi connectivity index (χ3n) is 5.30. The molecule has 4 nitrogen and oxygen atoms in total. The van der Waals surface area contributed by atoms with E-state index in [2.05, 4.69) is 29.7 Å². The Labute approximate surface area is 163 Å². The molecule has 0 bridgehead atoms. The molecule has 1 atom stereocenters. The first kappa shape index (κ1) is 16.8. The number of fused-ring (bicyclic) bond motifs is 5. The van der Waals surface area contributed by atoms with Gasteiger partial charge in [0.05, 0.1) is 11.7 Å². The van der Waals surface area contributed by atoms with E-state index < -0.39 is 0 Å². The van der Waals surface area contributed by atoms with Crippen LogP contribution < -0.4 is 4.74 Å². The molecule has 1 aliphatic rings. The summed E-state index contributed by atoms with van der Waals surface area (Å²) >= 11 is 0. The van der Waals surface area contributed by atoms with Crippen LogP contribution in [-0.4, -0.2) is 14.7 Å². The van der Waals surface area contributed by atoms with Crippen molar-refractivity contribution in [3.63, 3.8) is 0 Å². The van der Waals surface area contributed by atoms with Gasteiger partial charge in [0.1, 0.15) is 29.6 Å². The maximum Gasteiger partial charge on any atom is 0.136 e. The number of imidazole rings is 1. The largest absolute Gasteiger partial charge is 0.456 e. The SMILES string of the molecule is CC(c1ccccc1)n1c(CO)nc2c1-c1ccccc1Oc1ccccc1-2. The summed E-state index contributed by atoms with van der Waals surface area (Å²) in [5.41, 5.74) is 4.88. The smallest absolute Gasteiger partial charge is 0.136 e. The molecule has 28 heavy (non-hydrogen) atoms. The molecule has 5 rings (SSSR count). The first-order valence-corrected chi connectivity index (χ1v) is 9.41. The van der Waals surface area contributed by atoms with E-state index >= 15 is 0 Å². The third kappa shape index (κ3) is 2.53. The summed E-state index contributed by atoms with van der Waals surface area (Å²) in [6, 6.07) is 26.2. The summed E-state index contributed by atoms with van der Waals surface area (Å²) < 4.78 is 8.38. The van der Waals surface area contributed by atoms with Gasteiger partial charge in [-0.15, -0.1) is 0 Å². The van der Waals surface area contributed by atoms with Crippen LogP contribution in [0.2, 0.25) is 0 Å². The Kier molecular flexibility index (Phi) is 3.99. The maximum atomic E-state index is 10.1. The van der Waals surface area contributed by atoms with Gasteiger partial charge in [-0.2, -0.15) is 0 Å².